The molecule has 0 aliphatic rings. The van der Waals surface area contributed by atoms with E-state index in [1.807, 2.05) is 32.5 Å². The normalized spacial score (nSPS) is 10.7. The molecule has 0 amide bonds. The maximum atomic E-state index is 13.7. The zero-order valence-electron chi connectivity index (χ0n) is 12.2. The van der Waals surface area contributed by atoms with Gasteiger partial charge in [0.15, 0.2) is 11.6 Å². The van der Waals surface area contributed by atoms with Gasteiger partial charge in [-0.1, -0.05) is 0 Å². The van der Waals surface area contributed by atoms with E-state index in [0.717, 1.165) is 23.1 Å². The summed E-state index contributed by atoms with van der Waals surface area (Å²) in [5.41, 5.74) is 3.03. The van der Waals surface area contributed by atoms with Crippen LogP contribution in [0.3, 0.4) is 0 Å². The molecule has 0 bridgehead atoms. The molecule has 0 atom stereocenters. The largest absolute Gasteiger partial charge is 0.363 e. The van der Waals surface area contributed by atoms with Crippen LogP contribution in [0.1, 0.15) is 23.9 Å². The predicted molar refractivity (Wildman–Crippen MR) is 76.2 cm³/mol. The highest BCUT2D eigenvalue weighted by molar-refractivity contribution is 5.42. The number of anilines is 2. The second-order valence-electron chi connectivity index (χ2n) is 4.55. The first-order valence-electron chi connectivity index (χ1n) is 6.52. The number of hydrogen-bond donors (Lipinski definition) is 2. The van der Waals surface area contributed by atoms with Crippen LogP contribution in [-0.4, -0.2) is 26.3 Å². The SMILES string of the molecule is CCNc1ncc(F)c(NCc2c(C)nn(C)c2C)n1. The third-order valence-electron chi connectivity index (χ3n) is 3.17. The minimum Gasteiger partial charge on any atom is -0.363 e. The Morgan fingerprint density at radius 3 is 2.65 bits per heavy atom. The van der Waals surface area contributed by atoms with Crippen molar-refractivity contribution < 1.29 is 4.39 Å². The molecular weight excluding hydrogens is 259 g/mol. The van der Waals surface area contributed by atoms with Gasteiger partial charge in [-0.05, 0) is 20.8 Å². The van der Waals surface area contributed by atoms with Gasteiger partial charge in [0.1, 0.15) is 0 Å². The van der Waals surface area contributed by atoms with Crippen LogP contribution >= 0.6 is 0 Å². The molecule has 108 valence electrons. The summed E-state index contributed by atoms with van der Waals surface area (Å²) < 4.78 is 15.5. The minimum absolute atomic E-state index is 0.193. The second kappa shape index (κ2) is 5.85. The lowest BCUT2D eigenvalue weighted by Crippen LogP contribution is -2.09. The first-order chi connectivity index (χ1) is 9.52. The van der Waals surface area contributed by atoms with E-state index in [1.165, 1.54) is 0 Å². The van der Waals surface area contributed by atoms with Crippen LogP contribution in [0.5, 0.6) is 0 Å². The van der Waals surface area contributed by atoms with Crippen molar-refractivity contribution in [3.63, 3.8) is 0 Å². The molecular formula is C13H19FN6. The van der Waals surface area contributed by atoms with Crippen molar-refractivity contribution in [2.75, 3.05) is 17.2 Å². The lowest BCUT2D eigenvalue weighted by Gasteiger charge is -2.09. The standard InChI is InChI=1S/C13H19FN6/c1-5-15-13-17-7-11(14)12(18-13)16-6-10-8(2)19-20(4)9(10)3/h7H,5-6H2,1-4H3,(H2,15,16,17,18). The fraction of sp³-hybridized carbons (Fsp3) is 0.462. The summed E-state index contributed by atoms with van der Waals surface area (Å²) in [6, 6.07) is 0. The van der Waals surface area contributed by atoms with Crippen molar-refractivity contribution in [2.45, 2.75) is 27.3 Å². The van der Waals surface area contributed by atoms with Crippen molar-refractivity contribution >= 4 is 11.8 Å². The molecule has 0 aromatic carbocycles. The van der Waals surface area contributed by atoms with Gasteiger partial charge in [-0.25, -0.2) is 9.37 Å². The van der Waals surface area contributed by atoms with Gasteiger partial charge < -0.3 is 10.6 Å². The lowest BCUT2D eigenvalue weighted by molar-refractivity contribution is 0.617. The van der Waals surface area contributed by atoms with E-state index in [-0.39, 0.29) is 5.82 Å². The highest BCUT2D eigenvalue weighted by Gasteiger charge is 2.11. The van der Waals surface area contributed by atoms with Crippen molar-refractivity contribution in [3.05, 3.63) is 29.0 Å². The molecule has 0 saturated carbocycles. The van der Waals surface area contributed by atoms with Crippen molar-refractivity contribution in [2.24, 2.45) is 7.05 Å². The van der Waals surface area contributed by atoms with Gasteiger partial charge in [0.2, 0.25) is 5.95 Å². The maximum absolute atomic E-state index is 13.7. The average molecular weight is 278 g/mol. The Bertz CT molecular complexity index is 607. The van der Waals surface area contributed by atoms with E-state index in [4.69, 9.17) is 0 Å². The van der Waals surface area contributed by atoms with Crippen LogP contribution in [0, 0.1) is 19.7 Å². The number of nitrogens with zero attached hydrogens (tertiary/aromatic N) is 4. The molecule has 0 aliphatic heterocycles. The van der Waals surface area contributed by atoms with E-state index in [0.29, 0.717) is 19.0 Å². The summed E-state index contributed by atoms with van der Waals surface area (Å²) in [6.45, 7) is 7.01. The predicted octanol–water partition coefficient (Wildman–Crippen LogP) is 2.01. The number of aryl methyl sites for hydroxylation is 2. The van der Waals surface area contributed by atoms with Gasteiger partial charge in [-0.3, -0.25) is 4.68 Å². The molecule has 6 nitrogen and oxygen atoms in total. The van der Waals surface area contributed by atoms with Crippen LogP contribution in [0.25, 0.3) is 0 Å². The van der Waals surface area contributed by atoms with Crippen molar-refractivity contribution in [3.8, 4) is 0 Å². The van der Waals surface area contributed by atoms with Crippen LogP contribution in [-0.2, 0) is 13.6 Å². The van der Waals surface area contributed by atoms with E-state index < -0.39 is 5.82 Å². The van der Waals surface area contributed by atoms with E-state index in [9.17, 15) is 4.39 Å². The fourth-order valence-electron chi connectivity index (χ4n) is 1.98. The summed E-state index contributed by atoms with van der Waals surface area (Å²) in [5, 5.41) is 10.3. The zero-order chi connectivity index (χ0) is 14.7. The highest BCUT2D eigenvalue weighted by Crippen LogP contribution is 2.16. The molecule has 0 aliphatic carbocycles. The van der Waals surface area contributed by atoms with Crippen LogP contribution in [0.2, 0.25) is 0 Å². The van der Waals surface area contributed by atoms with E-state index in [1.54, 1.807) is 0 Å². The smallest absolute Gasteiger partial charge is 0.224 e. The molecule has 0 radical (unpaired) electrons. The number of rotatable bonds is 5. The first-order valence-corrected chi connectivity index (χ1v) is 6.52. The summed E-state index contributed by atoms with van der Waals surface area (Å²) in [7, 11) is 1.89. The second-order valence-corrected chi connectivity index (χ2v) is 4.55. The monoisotopic (exact) mass is 278 g/mol. The average Bonchev–Trinajstić information content (AvgIpc) is 2.65. The van der Waals surface area contributed by atoms with Crippen LogP contribution in [0.15, 0.2) is 6.20 Å². The third-order valence-corrected chi connectivity index (χ3v) is 3.17. The molecule has 0 unspecified atom stereocenters. The maximum Gasteiger partial charge on any atom is 0.224 e. The molecule has 2 heterocycles. The number of nitrogens with one attached hydrogen (secondary N) is 2. The molecule has 0 saturated heterocycles. The summed E-state index contributed by atoms with van der Waals surface area (Å²) in [4.78, 5) is 7.98. The summed E-state index contributed by atoms with van der Waals surface area (Å²) >= 11 is 0. The zero-order valence-corrected chi connectivity index (χ0v) is 12.2. The van der Waals surface area contributed by atoms with E-state index >= 15 is 0 Å². The topological polar surface area (TPSA) is 67.7 Å². The highest BCUT2D eigenvalue weighted by atomic mass is 19.1. The Balaban J connectivity index is 2.16. The number of hydrogen-bond acceptors (Lipinski definition) is 5. The molecule has 0 spiro atoms. The van der Waals surface area contributed by atoms with E-state index in [2.05, 4.69) is 25.7 Å². The first kappa shape index (κ1) is 14.2. The minimum atomic E-state index is -0.467. The molecule has 0 fully saturated rings. The van der Waals surface area contributed by atoms with Gasteiger partial charge in [-0.2, -0.15) is 10.1 Å². The quantitative estimate of drug-likeness (QED) is 0.875. The lowest BCUT2D eigenvalue weighted by atomic mass is 10.2. The molecule has 20 heavy (non-hydrogen) atoms. The molecule has 2 rings (SSSR count). The van der Waals surface area contributed by atoms with Crippen molar-refractivity contribution in [1.29, 1.82) is 0 Å². The Morgan fingerprint density at radius 1 is 1.30 bits per heavy atom. The molecule has 7 heteroatoms. The Labute approximate surface area is 117 Å². The molecule has 2 aromatic rings. The van der Waals surface area contributed by atoms with Crippen LogP contribution < -0.4 is 10.6 Å². The Kier molecular flexibility index (Phi) is 4.16. The van der Waals surface area contributed by atoms with Gasteiger partial charge in [0.25, 0.3) is 0 Å². The van der Waals surface area contributed by atoms with Crippen molar-refractivity contribution in [1.82, 2.24) is 19.7 Å². The third kappa shape index (κ3) is 2.87. The van der Waals surface area contributed by atoms with Crippen LogP contribution in [0.4, 0.5) is 16.2 Å². The Hall–Kier alpha value is -2.18. The summed E-state index contributed by atoms with van der Waals surface area (Å²) in [5.74, 6) is 0.139. The fourth-order valence-corrected chi connectivity index (χ4v) is 1.98. The summed E-state index contributed by atoms with van der Waals surface area (Å²) in [6.07, 6.45) is 1.16. The van der Waals surface area contributed by atoms with Gasteiger partial charge in [-0.15, -0.1) is 0 Å². The number of halogens is 1. The molecule has 2 N–H and O–H groups in total. The molecule has 2 aromatic heterocycles. The van der Waals surface area contributed by atoms with Gasteiger partial charge in [0, 0.05) is 31.4 Å². The van der Waals surface area contributed by atoms with Gasteiger partial charge in [0.05, 0.1) is 11.9 Å². The Morgan fingerprint density at radius 2 is 2.05 bits per heavy atom. The number of aromatic nitrogens is 4. The van der Waals surface area contributed by atoms with Gasteiger partial charge >= 0.3 is 0 Å².